The van der Waals surface area contributed by atoms with E-state index in [4.69, 9.17) is 14.2 Å². The van der Waals surface area contributed by atoms with Crippen molar-refractivity contribution >= 4 is 23.8 Å². The molecule has 1 aliphatic rings. The van der Waals surface area contributed by atoms with E-state index in [2.05, 4.69) is 4.74 Å². The molecule has 0 aromatic carbocycles. The number of hydrogen-bond acceptors (Lipinski definition) is 8. The van der Waals surface area contributed by atoms with Crippen molar-refractivity contribution in [1.29, 1.82) is 0 Å². The Kier molecular flexibility index (Phi) is 7.55. The van der Waals surface area contributed by atoms with Crippen molar-refractivity contribution in [2.75, 3.05) is 27.4 Å². The fourth-order valence-corrected chi connectivity index (χ4v) is 2.70. The molecular weight excluding hydrogens is 346 g/mol. The number of rotatable bonds is 6. The third-order valence-electron chi connectivity index (χ3n) is 3.94. The third-order valence-corrected chi connectivity index (χ3v) is 3.94. The molecule has 0 aromatic rings. The summed E-state index contributed by atoms with van der Waals surface area (Å²) >= 11 is 0. The second-order valence-electron chi connectivity index (χ2n) is 6.92. The second kappa shape index (κ2) is 8.98. The largest absolute Gasteiger partial charge is 0.469 e. The Labute approximate surface area is 152 Å². The molecule has 0 saturated carbocycles. The minimum Gasteiger partial charge on any atom is -0.469 e. The second-order valence-corrected chi connectivity index (χ2v) is 6.92. The molecule has 1 fully saturated rings. The van der Waals surface area contributed by atoms with Gasteiger partial charge in [0, 0.05) is 5.41 Å². The number of esters is 3. The first-order chi connectivity index (χ1) is 12.1. The summed E-state index contributed by atoms with van der Waals surface area (Å²) in [5.74, 6) is -4.42. The highest BCUT2D eigenvalue weighted by Gasteiger charge is 2.50. The average molecular weight is 373 g/mol. The van der Waals surface area contributed by atoms with Crippen molar-refractivity contribution in [2.45, 2.75) is 46.4 Å². The van der Waals surface area contributed by atoms with Crippen molar-refractivity contribution < 1.29 is 38.1 Å². The van der Waals surface area contributed by atoms with Crippen LogP contribution in [0.25, 0.3) is 0 Å². The number of nitrogens with zero attached hydrogens (tertiary/aromatic N) is 1. The van der Waals surface area contributed by atoms with Crippen LogP contribution in [0.2, 0.25) is 0 Å². The summed E-state index contributed by atoms with van der Waals surface area (Å²) < 4.78 is 19.9. The molecule has 1 saturated heterocycles. The molecule has 0 bridgehead atoms. The molecule has 0 N–H and O–H groups in total. The molecule has 26 heavy (non-hydrogen) atoms. The van der Waals surface area contributed by atoms with E-state index in [1.807, 2.05) is 20.8 Å². The van der Waals surface area contributed by atoms with Crippen LogP contribution >= 0.6 is 0 Å². The molecular formula is C17H27NO8. The number of ether oxygens (including phenoxy) is 4. The van der Waals surface area contributed by atoms with Crippen molar-refractivity contribution in [1.82, 2.24) is 4.90 Å². The lowest BCUT2D eigenvalue weighted by Crippen LogP contribution is -2.54. The van der Waals surface area contributed by atoms with Gasteiger partial charge in [-0.1, -0.05) is 20.8 Å². The molecule has 9 nitrogen and oxygen atoms in total. The first-order valence-electron chi connectivity index (χ1n) is 8.33. The predicted molar refractivity (Wildman–Crippen MR) is 88.6 cm³/mol. The van der Waals surface area contributed by atoms with Gasteiger partial charge in [0.15, 0.2) is 6.04 Å². The first kappa shape index (κ1) is 21.9. The lowest BCUT2D eigenvalue weighted by molar-refractivity contribution is -0.168. The zero-order valence-electron chi connectivity index (χ0n) is 16.1. The van der Waals surface area contributed by atoms with Crippen LogP contribution in [0.5, 0.6) is 0 Å². The standard InChI is InChI=1S/C17H27NO8/c1-7-25-14(21)10(8-12(19)23-5)13(20)18-11(15(22)24-6)9-26-16(18)17(2,3)4/h10-11,16H,7-9H2,1-6H3/t10-,11-,16+/m0/s1. The maximum absolute atomic E-state index is 13.1. The molecule has 3 atom stereocenters. The van der Waals surface area contributed by atoms with Crippen LogP contribution in [0.3, 0.4) is 0 Å². The van der Waals surface area contributed by atoms with Crippen molar-refractivity contribution in [3.63, 3.8) is 0 Å². The van der Waals surface area contributed by atoms with E-state index in [0.29, 0.717) is 0 Å². The molecule has 148 valence electrons. The van der Waals surface area contributed by atoms with Gasteiger partial charge in [0.05, 0.1) is 33.9 Å². The fourth-order valence-electron chi connectivity index (χ4n) is 2.70. The van der Waals surface area contributed by atoms with Crippen molar-refractivity contribution in [2.24, 2.45) is 11.3 Å². The minimum atomic E-state index is -1.43. The van der Waals surface area contributed by atoms with Crippen LogP contribution in [0.4, 0.5) is 0 Å². The number of amides is 1. The number of methoxy groups -OCH3 is 2. The minimum absolute atomic E-state index is 0.0451. The van der Waals surface area contributed by atoms with Crippen LogP contribution in [-0.2, 0) is 38.1 Å². The maximum atomic E-state index is 13.1. The zero-order chi connectivity index (χ0) is 20.1. The van der Waals surface area contributed by atoms with Gasteiger partial charge in [-0.2, -0.15) is 0 Å². The lowest BCUT2D eigenvalue weighted by atomic mass is 9.91. The van der Waals surface area contributed by atoms with Gasteiger partial charge in [-0.15, -0.1) is 0 Å². The fraction of sp³-hybridized carbons (Fsp3) is 0.765. The van der Waals surface area contributed by atoms with Gasteiger partial charge in [0.2, 0.25) is 5.91 Å². The van der Waals surface area contributed by atoms with Crippen LogP contribution in [-0.4, -0.2) is 68.4 Å². The van der Waals surface area contributed by atoms with Crippen LogP contribution in [0, 0.1) is 11.3 Å². The zero-order valence-corrected chi connectivity index (χ0v) is 16.1. The van der Waals surface area contributed by atoms with E-state index in [9.17, 15) is 19.2 Å². The van der Waals surface area contributed by atoms with E-state index in [-0.39, 0.29) is 13.2 Å². The summed E-state index contributed by atoms with van der Waals surface area (Å²) in [4.78, 5) is 50.3. The summed E-state index contributed by atoms with van der Waals surface area (Å²) in [5.41, 5.74) is -0.539. The van der Waals surface area contributed by atoms with Crippen LogP contribution in [0.1, 0.15) is 34.1 Å². The highest BCUT2D eigenvalue weighted by molar-refractivity contribution is 6.02. The van der Waals surface area contributed by atoms with Crippen molar-refractivity contribution in [3.05, 3.63) is 0 Å². The van der Waals surface area contributed by atoms with E-state index in [0.717, 1.165) is 7.11 Å². The average Bonchev–Trinajstić information content (AvgIpc) is 3.03. The summed E-state index contributed by atoms with van der Waals surface area (Å²) in [7, 11) is 2.36. The first-order valence-corrected chi connectivity index (χ1v) is 8.33. The van der Waals surface area contributed by atoms with Crippen molar-refractivity contribution in [3.8, 4) is 0 Å². The molecule has 1 heterocycles. The predicted octanol–water partition coefficient (Wildman–Crippen LogP) is 0.501. The molecule has 1 amide bonds. The van der Waals surface area contributed by atoms with Gasteiger partial charge in [-0.25, -0.2) is 4.79 Å². The SMILES string of the molecule is CCOC(=O)[C@@H](CC(=O)OC)C(=O)N1[C@H](C(=O)OC)CO[C@@H]1C(C)(C)C. The highest BCUT2D eigenvalue weighted by Crippen LogP contribution is 2.34. The summed E-state index contributed by atoms with van der Waals surface area (Å²) in [6, 6.07) is -1.01. The quantitative estimate of drug-likeness (QED) is 0.376. The van der Waals surface area contributed by atoms with Gasteiger partial charge in [-0.3, -0.25) is 19.3 Å². The normalized spacial score (nSPS) is 21.1. The monoisotopic (exact) mass is 373 g/mol. The molecule has 0 aliphatic carbocycles. The Morgan fingerprint density at radius 1 is 1.15 bits per heavy atom. The Morgan fingerprint density at radius 2 is 1.77 bits per heavy atom. The number of carbonyl (C=O) groups excluding carboxylic acids is 4. The molecule has 1 aliphatic heterocycles. The van der Waals surface area contributed by atoms with Gasteiger partial charge >= 0.3 is 17.9 Å². The Hall–Kier alpha value is -2.16. The third kappa shape index (κ3) is 4.94. The molecule has 0 radical (unpaired) electrons. The molecule has 0 aromatic heterocycles. The van der Waals surface area contributed by atoms with Crippen LogP contribution < -0.4 is 0 Å². The van der Waals surface area contributed by atoms with E-state index in [1.54, 1.807) is 6.92 Å². The maximum Gasteiger partial charge on any atom is 0.331 e. The Balaban J connectivity index is 3.25. The topological polar surface area (TPSA) is 108 Å². The van der Waals surface area contributed by atoms with E-state index >= 15 is 0 Å². The highest BCUT2D eigenvalue weighted by atomic mass is 16.6. The summed E-state index contributed by atoms with van der Waals surface area (Å²) in [5, 5.41) is 0. The molecule has 9 heteroatoms. The van der Waals surface area contributed by atoms with Gasteiger partial charge in [0.1, 0.15) is 12.1 Å². The number of hydrogen-bond donors (Lipinski definition) is 0. The molecule has 0 unspecified atom stereocenters. The lowest BCUT2D eigenvalue weighted by Gasteiger charge is -2.36. The summed E-state index contributed by atoms with van der Waals surface area (Å²) in [6.07, 6.45) is -1.26. The molecule has 1 rings (SSSR count). The number of carbonyl (C=O) groups is 4. The van der Waals surface area contributed by atoms with Gasteiger partial charge in [-0.05, 0) is 6.92 Å². The summed E-state index contributed by atoms with van der Waals surface area (Å²) in [6.45, 7) is 7.06. The molecule has 0 spiro atoms. The van der Waals surface area contributed by atoms with E-state index in [1.165, 1.54) is 12.0 Å². The Bertz CT molecular complexity index is 553. The van der Waals surface area contributed by atoms with Gasteiger partial charge in [0.25, 0.3) is 0 Å². The van der Waals surface area contributed by atoms with E-state index < -0.39 is 53.8 Å². The Morgan fingerprint density at radius 3 is 2.23 bits per heavy atom. The smallest absolute Gasteiger partial charge is 0.331 e. The van der Waals surface area contributed by atoms with Gasteiger partial charge < -0.3 is 18.9 Å². The van der Waals surface area contributed by atoms with Crippen LogP contribution in [0.15, 0.2) is 0 Å².